The molecule has 16 nitrogen and oxygen atoms in total. The number of rotatable bonds is 8. The van der Waals surface area contributed by atoms with Gasteiger partial charge in [-0.15, -0.1) is 0 Å². The lowest BCUT2D eigenvalue weighted by Gasteiger charge is -2.47. The molecular weight excluding hydrogens is 750 g/mol. The number of hydrogen-bond donors (Lipinski definition) is 3. The third-order valence-corrected chi connectivity index (χ3v) is 11.9. The van der Waals surface area contributed by atoms with Crippen molar-refractivity contribution in [3.8, 4) is 5.69 Å². The molecule has 1 aromatic heterocycles. The van der Waals surface area contributed by atoms with Crippen LogP contribution in [0.25, 0.3) is 11.8 Å². The van der Waals surface area contributed by atoms with Gasteiger partial charge in [-0.1, -0.05) is 39.8 Å². The highest BCUT2D eigenvalue weighted by Gasteiger charge is 2.57. The molecule has 318 valence electrons. The first-order valence-corrected chi connectivity index (χ1v) is 20.0. The van der Waals surface area contributed by atoms with E-state index in [2.05, 4.69) is 15.7 Å². The predicted molar refractivity (Wildman–Crippen MR) is 211 cm³/mol. The molecule has 0 spiro atoms. The third-order valence-electron chi connectivity index (χ3n) is 11.9. The number of alkyl carbamates (subject to hydrolysis) is 2. The monoisotopic (exact) mass is 809 g/mol. The van der Waals surface area contributed by atoms with Crippen LogP contribution in [0.15, 0.2) is 48.9 Å². The van der Waals surface area contributed by atoms with Gasteiger partial charge >= 0.3 is 18.2 Å². The van der Waals surface area contributed by atoms with Crippen molar-refractivity contribution in [2.24, 2.45) is 23.7 Å². The number of nitrogens with one attached hydrogen (secondary N) is 2. The fraction of sp³-hybridized carbons (Fsp3) is 0.619. The van der Waals surface area contributed by atoms with Gasteiger partial charge < -0.3 is 39.0 Å². The molecule has 2 aromatic rings. The highest BCUT2D eigenvalue weighted by Crippen LogP contribution is 2.40. The smallest absolute Gasteiger partial charge is 0.411 e. The zero-order valence-electron chi connectivity index (χ0n) is 35.0. The molecule has 5 rings (SSSR count). The van der Waals surface area contributed by atoms with Crippen molar-refractivity contribution in [1.29, 1.82) is 0 Å². The van der Waals surface area contributed by atoms with Crippen LogP contribution >= 0.6 is 0 Å². The molecule has 3 N–H and O–H groups in total. The maximum atomic E-state index is 14.4. The van der Waals surface area contributed by atoms with Gasteiger partial charge in [0.05, 0.1) is 17.8 Å². The minimum atomic E-state index is -1.76. The van der Waals surface area contributed by atoms with E-state index in [0.717, 1.165) is 11.3 Å². The van der Waals surface area contributed by atoms with E-state index in [1.54, 1.807) is 58.5 Å². The number of aliphatic hydroxyl groups excluding tert-OH is 1. The number of carbonyl (C=O) groups is 5. The maximum Gasteiger partial charge on any atom is 0.411 e. The Labute approximate surface area is 339 Å². The zero-order valence-corrected chi connectivity index (χ0v) is 35.0. The second kappa shape index (κ2) is 18.1. The number of ketones is 2. The van der Waals surface area contributed by atoms with Crippen LogP contribution in [0.1, 0.15) is 80.2 Å². The van der Waals surface area contributed by atoms with E-state index in [-0.39, 0.29) is 30.8 Å². The summed E-state index contributed by atoms with van der Waals surface area (Å²) >= 11 is 0. The number of cyclic esters (lactones) is 1. The van der Waals surface area contributed by atoms with Gasteiger partial charge in [0.2, 0.25) is 0 Å². The van der Waals surface area contributed by atoms with Crippen molar-refractivity contribution in [3.63, 3.8) is 0 Å². The van der Waals surface area contributed by atoms with Gasteiger partial charge in [0.25, 0.3) is 0 Å². The van der Waals surface area contributed by atoms with E-state index < -0.39 is 89.5 Å². The number of nitrogens with zero attached hydrogens (tertiary/aromatic N) is 3. The highest BCUT2D eigenvalue weighted by atomic mass is 16.7. The Balaban J connectivity index is 1.52. The van der Waals surface area contributed by atoms with Crippen LogP contribution < -0.4 is 10.6 Å². The first-order valence-electron chi connectivity index (χ1n) is 20.0. The van der Waals surface area contributed by atoms with Crippen LogP contribution in [0, 0.1) is 23.7 Å². The average molecular weight is 810 g/mol. The molecule has 3 aliphatic heterocycles. The molecule has 58 heavy (non-hydrogen) atoms. The lowest BCUT2D eigenvalue weighted by molar-refractivity contribution is -0.292. The quantitative estimate of drug-likeness (QED) is 0.193. The summed E-state index contributed by atoms with van der Waals surface area (Å²) in [4.78, 5) is 71.0. The van der Waals surface area contributed by atoms with Crippen molar-refractivity contribution in [2.45, 2.75) is 129 Å². The van der Waals surface area contributed by atoms with Gasteiger partial charge in [0, 0.05) is 42.4 Å². The van der Waals surface area contributed by atoms with Crippen molar-refractivity contribution in [2.75, 3.05) is 14.1 Å². The molecule has 0 saturated carbocycles. The summed E-state index contributed by atoms with van der Waals surface area (Å²) in [5.74, 6) is -6.00. The number of esters is 1. The first-order chi connectivity index (χ1) is 27.3. The summed E-state index contributed by atoms with van der Waals surface area (Å²) in [5.41, 5.74) is -1.59. The van der Waals surface area contributed by atoms with Crippen LogP contribution in [-0.4, -0.2) is 118 Å². The normalized spacial score (nSPS) is 36.4. The van der Waals surface area contributed by atoms with Crippen LogP contribution in [-0.2, 0) is 38.1 Å². The Kier molecular flexibility index (Phi) is 13.9. The van der Waals surface area contributed by atoms with Gasteiger partial charge in [0.1, 0.15) is 35.6 Å². The van der Waals surface area contributed by atoms with Crippen LogP contribution in [0.4, 0.5) is 9.59 Å². The third kappa shape index (κ3) is 9.46. The number of carbonyl (C=O) groups excluding carboxylic acids is 5. The Bertz CT molecular complexity index is 1820. The number of likely N-dealkylation sites (N-methyl/N-ethyl adjacent to an activating group) is 1. The highest BCUT2D eigenvalue weighted by molar-refractivity contribution is 6.00. The second-order valence-electron chi connectivity index (χ2n) is 16.6. The number of hydrogen-bond acceptors (Lipinski definition) is 13. The van der Waals surface area contributed by atoms with E-state index >= 15 is 0 Å². The molecule has 3 fully saturated rings. The van der Waals surface area contributed by atoms with E-state index in [1.807, 2.05) is 62.4 Å². The molecule has 4 heterocycles. The summed E-state index contributed by atoms with van der Waals surface area (Å²) in [6.45, 7) is 13.0. The van der Waals surface area contributed by atoms with Crippen molar-refractivity contribution < 1.29 is 52.8 Å². The molecule has 3 aliphatic rings. The zero-order chi connectivity index (χ0) is 42.7. The molecule has 2 amide bonds. The van der Waals surface area contributed by atoms with Crippen LogP contribution in [0.5, 0.6) is 0 Å². The molecule has 1 unspecified atom stereocenters. The summed E-state index contributed by atoms with van der Waals surface area (Å²) in [6, 6.07) is 7.97. The molecular formula is C42H59N5O11. The van der Waals surface area contributed by atoms with Gasteiger partial charge in [-0.25, -0.2) is 14.3 Å². The largest absolute Gasteiger partial charge is 0.458 e. The lowest BCUT2D eigenvalue weighted by atomic mass is 9.73. The molecule has 16 heteroatoms. The number of ether oxygens (including phenoxy) is 5. The minimum Gasteiger partial charge on any atom is -0.458 e. The van der Waals surface area contributed by atoms with Gasteiger partial charge in [-0.3, -0.25) is 19.7 Å². The standard InChI is InChI=1S/C42H59N5O11/c1-11-31-42(8)35(45-40(53)58-42)25(4)32(48)23(2)22-41(7,57-39(52)43-19-17-28-13-15-29(16-14-28)47-20-12-18-44-47)36(26(5)33(49)27(6)37(51)55-31)56-38-34(50)30(46(9)10)21-24(3)54-38/h12-20,23-27,30-31,34-36,38,50H,11,21-22H2,1-10H3,(H,43,52)(H,45,53)/b19-17+/t23-,24-,25+,26+,27?,30+,31-,34-,35-,36-,38+,41-,42-/m1/s1. The molecule has 0 bridgehead atoms. The number of fused-ring (bicyclic) bond motifs is 1. The molecule has 13 atom stereocenters. The summed E-state index contributed by atoms with van der Waals surface area (Å²) < 4.78 is 32.3. The van der Waals surface area contributed by atoms with Gasteiger partial charge in [-0.2, -0.15) is 5.10 Å². The lowest BCUT2D eigenvalue weighted by Crippen LogP contribution is -2.60. The van der Waals surface area contributed by atoms with Crippen molar-refractivity contribution in [3.05, 3.63) is 54.5 Å². The number of amides is 2. The Morgan fingerprint density at radius 3 is 2.38 bits per heavy atom. The van der Waals surface area contributed by atoms with Crippen molar-refractivity contribution in [1.82, 2.24) is 25.3 Å². The predicted octanol–water partition coefficient (Wildman–Crippen LogP) is 4.41. The number of aliphatic hydroxyl groups is 1. The van der Waals surface area contributed by atoms with Crippen LogP contribution in [0.2, 0.25) is 0 Å². The fourth-order valence-corrected chi connectivity index (χ4v) is 8.69. The number of Topliss-reactive ketones (excluding diaryl/α,β-unsaturated/α-hetero) is 2. The van der Waals surface area contributed by atoms with E-state index in [9.17, 15) is 29.1 Å². The Morgan fingerprint density at radius 2 is 1.76 bits per heavy atom. The molecule has 0 radical (unpaired) electrons. The SMILES string of the molecule is CC[C@H]1OC(=O)C(C)C(=O)[C@H](C)[C@@H](O[C@@H]2O[C@H](C)C[C@H](N(C)C)[C@H]2O)[C@](C)(OC(=O)N/C=C/c2ccc(-n3cccn3)cc2)C[C@@H](C)C(=O)[C@H](C)[C@H]2NC(=O)O[C@@]21C. The van der Waals surface area contributed by atoms with Gasteiger partial charge in [0.15, 0.2) is 17.7 Å². The summed E-state index contributed by atoms with van der Waals surface area (Å²) in [7, 11) is 3.65. The Morgan fingerprint density at radius 1 is 1.07 bits per heavy atom. The molecule has 0 aliphatic carbocycles. The second-order valence-corrected chi connectivity index (χ2v) is 16.6. The van der Waals surface area contributed by atoms with E-state index in [1.165, 1.54) is 13.1 Å². The van der Waals surface area contributed by atoms with Crippen molar-refractivity contribution >= 4 is 35.8 Å². The van der Waals surface area contributed by atoms with Gasteiger partial charge in [-0.05, 0) is 90.9 Å². The fourth-order valence-electron chi connectivity index (χ4n) is 8.69. The Hall–Kier alpha value is -4.64. The van der Waals surface area contributed by atoms with Crippen LogP contribution in [0.3, 0.4) is 0 Å². The number of benzene rings is 1. The average Bonchev–Trinajstić information content (AvgIpc) is 3.83. The molecule has 1 aromatic carbocycles. The topological polar surface area (TPSA) is 197 Å². The first kappa shape index (κ1) is 44.5. The van der Waals surface area contributed by atoms with E-state index in [4.69, 9.17) is 23.7 Å². The summed E-state index contributed by atoms with van der Waals surface area (Å²) in [5, 5.41) is 21.2. The minimum absolute atomic E-state index is 0.158. The summed E-state index contributed by atoms with van der Waals surface area (Å²) in [6.07, 6.45) is 0.261. The van der Waals surface area contributed by atoms with E-state index in [0.29, 0.717) is 6.42 Å². The number of aromatic nitrogens is 2. The maximum absolute atomic E-state index is 14.4. The molecule has 3 saturated heterocycles.